The highest BCUT2D eigenvalue weighted by Crippen LogP contribution is 2.18. The van der Waals surface area contributed by atoms with Gasteiger partial charge in [-0.1, -0.05) is 11.6 Å². The van der Waals surface area contributed by atoms with E-state index in [4.69, 9.17) is 11.6 Å². The first-order chi connectivity index (χ1) is 7.78. The topological polar surface area (TPSA) is 28.2 Å². The molecule has 0 aromatic carbocycles. The summed E-state index contributed by atoms with van der Waals surface area (Å²) >= 11 is 5.94. The fourth-order valence-electron chi connectivity index (χ4n) is 2.28. The Hall–Kier alpha value is -0.640. The first kappa shape index (κ1) is 11.8. The maximum Gasteiger partial charge on any atom is 0.0558 e. The zero-order valence-electron chi connectivity index (χ0n) is 9.62. The highest BCUT2D eigenvalue weighted by molar-refractivity contribution is 6.30. The van der Waals surface area contributed by atoms with Crippen LogP contribution in [0.5, 0.6) is 0 Å². The Morgan fingerprint density at radius 1 is 1.62 bits per heavy atom. The van der Waals surface area contributed by atoms with E-state index in [0.29, 0.717) is 0 Å². The molecule has 16 heavy (non-hydrogen) atoms. The Morgan fingerprint density at radius 3 is 3.25 bits per heavy atom. The summed E-state index contributed by atoms with van der Waals surface area (Å²) in [6.45, 7) is 4.36. The van der Waals surface area contributed by atoms with Crippen molar-refractivity contribution in [3.05, 3.63) is 29.0 Å². The lowest BCUT2D eigenvalue weighted by Crippen LogP contribution is -2.24. The number of hydrogen-bond acceptors (Lipinski definition) is 3. The van der Waals surface area contributed by atoms with Gasteiger partial charge in [0, 0.05) is 24.3 Å². The summed E-state index contributed by atoms with van der Waals surface area (Å²) in [4.78, 5) is 6.78. The zero-order chi connectivity index (χ0) is 11.4. The Labute approximate surface area is 102 Å². The van der Waals surface area contributed by atoms with Crippen LogP contribution in [0.4, 0.5) is 0 Å². The van der Waals surface area contributed by atoms with Gasteiger partial charge in [0.25, 0.3) is 0 Å². The van der Waals surface area contributed by atoms with Crippen molar-refractivity contribution in [3.8, 4) is 0 Å². The van der Waals surface area contributed by atoms with Gasteiger partial charge in [-0.25, -0.2) is 0 Å². The van der Waals surface area contributed by atoms with Crippen molar-refractivity contribution in [1.82, 2.24) is 15.2 Å². The summed E-state index contributed by atoms with van der Waals surface area (Å²) in [7, 11) is 2.02. The van der Waals surface area contributed by atoms with Crippen molar-refractivity contribution in [1.29, 1.82) is 0 Å². The maximum absolute atomic E-state index is 5.94. The molecule has 0 saturated carbocycles. The van der Waals surface area contributed by atoms with Gasteiger partial charge >= 0.3 is 0 Å². The molecule has 1 aliphatic rings. The van der Waals surface area contributed by atoms with E-state index in [2.05, 4.69) is 15.2 Å². The van der Waals surface area contributed by atoms with Gasteiger partial charge in [0.15, 0.2) is 0 Å². The van der Waals surface area contributed by atoms with Gasteiger partial charge in [0.1, 0.15) is 0 Å². The normalized spacial score (nSPS) is 21.5. The quantitative estimate of drug-likeness (QED) is 0.868. The molecule has 1 fully saturated rings. The fourth-order valence-corrected chi connectivity index (χ4v) is 2.46. The van der Waals surface area contributed by atoms with Crippen LogP contribution in [0.15, 0.2) is 18.3 Å². The van der Waals surface area contributed by atoms with Gasteiger partial charge in [0.05, 0.1) is 5.69 Å². The number of nitrogens with one attached hydrogen (secondary N) is 1. The SMILES string of the molecule is CNCC1CCN(Cc2cc(Cl)ccn2)C1. The second-order valence-corrected chi connectivity index (χ2v) is 4.85. The number of rotatable bonds is 4. The lowest BCUT2D eigenvalue weighted by atomic mass is 10.1. The van der Waals surface area contributed by atoms with Crippen LogP contribution in [0.25, 0.3) is 0 Å². The number of aromatic nitrogens is 1. The van der Waals surface area contributed by atoms with Crippen molar-refractivity contribution in [3.63, 3.8) is 0 Å². The third-order valence-electron chi connectivity index (χ3n) is 3.03. The van der Waals surface area contributed by atoms with Crippen LogP contribution in [0.3, 0.4) is 0 Å². The number of hydrogen-bond donors (Lipinski definition) is 1. The summed E-state index contributed by atoms with van der Waals surface area (Å²) in [6.07, 6.45) is 3.06. The first-order valence-corrected chi connectivity index (χ1v) is 6.13. The van der Waals surface area contributed by atoms with Crippen molar-refractivity contribution < 1.29 is 0 Å². The Kier molecular flexibility index (Phi) is 4.16. The smallest absolute Gasteiger partial charge is 0.0558 e. The van der Waals surface area contributed by atoms with Gasteiger partial charge in [-0.15, -0.1) is 0 Å². The van der Waals surface area contributed by atoms with E-state index in [1.165, 1.54) is 13.0 Å². The zero-order valence-corrected chi connectivity index (χ0v) is 10.4. The molecular weight excluding hydrogens is 222 g/mol. The van der Waals surface area contributed by atoms with E-state index in [0.717, 1.165) is 36.3 Å². The predicted octanol–water partition coefficient (Wildman–Crippen LogP) is 1.78. The molecule has 2 rings (SSSR count). The molecule has 2 heterocycles. The van der Waals surface area contributed by atoms with Crippen molar-refractivity contribution in [2.24, 2.45) is 5.92 Å². The van der Waals surface area contributed by atoms with Gasteiger partial charge in [-0.3, -0.25) is 9.88 Å². The summed E-state index contributed by atoms with van der Waals surface area (Å²) in [5, 5.41) is 4.01. The lowest BCUT2D eigenvalue weighted by molar-refractivity contribution is 0.312. The molecule has 1 N–H and O–H groups in total. The van der Waals surface area contributed by atoms with Gasteiger partial charge in [-0.05, 0) is 44.6 Å². The summed E-state index contributed by atoms with van der Waals surface area (Å²) in [5.74, 6) is 0.782. The minimum absolute atomic E-state index is 0.774. The van der Waals surface area contributed by atoms with Crippen molar-refractivity contribution >= 4 is 11.6 Å². The lowest BCUT2D eigenvalue weighted by Gasteiger charge is -2.15. The van der Waals surface area contributed by atoms with E-state index in [9.17, 15) is 0 Å². The molecule has 1 aromatic heterocycles. The van der Waals surface area contributed by atoms with Crippen molar-refractivity contribution in [2.45, 2.75) is 13.0 Å². The molecule has 0 spiro atoms. The largest absolute Gasteiger partial charge is 0.319 e. The van der Waals surface area contributed by atoms with E-state index < -0.39 is 0 Å². The van der Waals surface area contributed by atoms with E-state index in [-0.39, 0.29) is 0 Å². The molecule has 1 atom stereocenters. The fraction of sp³-hybridized carbons (Fsp3) is 0.583. The van der Waals surface area contributed by atoms with Crippen LogP contribution in [0.2, 0.25) is 5.02 Å². The molecule has 0 radical (unpaired) electrons. The first-order valence-electron chi connectivity index (χ1n) is 5.75. The maximum atomic E-state index is 5.94. The van der Waals surface area contributed by atoms with E-state index >= 15 is 0 Å². The summed E-state index contributed by atoms with van der Waals surface area (Å²) in [6, 6.07) is 3.77. The number of pyridine rings is 1. The van der Waals surface area contributed by atoms with Gasteiger partial charge in [0.2, 0.25) is 0 Å². The average molecular weight is 240 g/mol. The van der Waals surface area contributed by atoms with Crippen LogP contribution in [0.1, 0.15) is 12.1 Å². The molecule has 1 aromatic rings. The second kappa shape index (κ2) is 5.62. The Balaban J connectivity index is 1.87. The standard InChI is InChI=1S/C12H18ClN3/c1-14-7-10-3-5-16(8-10)9-12-6-11(13)2-4-15-12/h2,4,6,10,14H,3,5,7-9H2,1H3. The summed E-state index contributed by atoms with van der Waals surface area (Å²) in [5.41, 5.74) is 1.07. The molecular formula is C12H18ClN3. The van der Waals surface area contributed by atoms with Crippen molar-refractivity contribution in [2.75, 3.05) is 26.7 Å². The molecule has 88 valence electrons. The second-order valence-electron chi connectivity index (χ2n) is 4.41. The van der Waals surface area contributed by atoms with E-state index in [1.807, 2.05) is 19.2 Å². The summed E-state index contributed by atoms with van der Waals surface area (Å²) < 4.78 is 0. The minimum Gasteiger partial charge on any atom is -0.319 e. The monoisotopic (exact) mass is 239 g/mol. The molecule has 1 saturated heterocycles. The van der Waals surface area contributed by atoms with Crippen LogP contribution in [-0.4, -0.2) is 36.6 Å². The highest BCUT2D eigenvalue weighted by atomic mass is 35.5. The van der Waals surface area contributed by atoms with Gasteiger partial charge < -0.3 is 5.32 Å². The molecule has 4 heteroatoms. The van der Waals surface area contributed by atoms with Crippen LogP contribution in [0, 0.1) is 5.92 Å². The number of nitrogens with zero attached hydrogens (tertiary/aromatic N) is 2. The molecule has 1 unspecified atom stereocenters. The molecule has 1 aliphatic heterocycles. The molecule has 0 amide bonds. The highest BCUT2D eigenvalue weighted by Gasteiger charge is 2.21. The molecule has 3 nitrogen and oxygen atoms in total. The number of likely N-dealkylation sites (tertiary alicyclic amines) is 1. The molecule has 0 aliphatic carbocycles. The van der Waals surface area contributed by atoms with Gasteiger partial charge in [-0.2, -0.15) is 0 Å². The van der Waals surface area contributed by atoms with Crippen LogP contribution >= 0.6 is 11.6 Å². The molecule has 0 bridgehead atoms. The third kappa shape index (κ3) is 3.17. The Bertz CT molecular complexity index is 343. The predicted molar refractivity (Wildman–Crippen MR) is 66.6 cm³/mol. The van der Waals surface area contributed by atoms with E-state index in [1.54, 1.807) is 6.20 Å². The average Bonchev–Trinajstić information content (AvgIpc) is 2.66. The third-order valence-corrected chi connectivity index (χ3v) is 3.26. The number of halogens is 1. The Morgan fingerprint density at radius 2 is 2.50 bits per heavy atom. The van der Waals surface area contributed by atoms with Crippen LogP contribution < -0.4 is 5.32 Å². The minimum atomic E-state index is 0.774. The van der Waals surface area contributed by atoms with Crippen LogP contribution in [-0.2, 0) is 6.54 Å².